The number of benzene rings is 2. The number of amides is 3. The largest absolute Gasteiger partial charge is 0.497 e. The number of hydrazine groups is 1. The zero-order valence-corrected chi connectivity index (χ0v) is 14.8. The number of ether oxygens (including phenoxy) is 1. The molecule has 0 atom stereocenters. The molecule has 0 radical (unpaired) electrons. The highest BCUT2D eigenvalue weighted by Gasteiger charge is 2.22. The van der Waals surface area contributed by atoms with Gasteiger partial charge < -0.3 is 15.0 Å². The molecule has 8 nitrogen and oxygen atoms in total. The maximum absolute atomic E-state index is 12.2. The minimum atomic E-state index is -0.487. The summed E-state index contributed by atoms with van der Waals surface area (Å²) in [6.07, 6.45) is 0. The maximum atomic E-state index is 12.2. The van der Waals surface area contributed by atoms with Crippen LogP contribution >= 0.6 is 0 Å². The number of carbonyl (C=O) groups excluding carboxylic acids is 3. The highest BCUT2D eigenvalue weighted by Crippen LogP contribution is 2.19. The number of anilines is 1. The Hall–Kier alpha value is -3.55. The van der Waals surface area contributed by atoms with Crippen LogP contribution in [0.4, 0.5) is 5.69 Å². The highest BCUT2D eigenvalue weighted by atomic mass is 16.5. The zero-order chi connectivity index (χ0) is 19.2. The summed E-state index contributed by atoms with van der Waals surface area (Å²) in [4.78, 5) is 38.0. The fourth-order valence-corrected chi connectivity index (χ4v) is 2.73. The monoisotopic (exact) mass is 368 g/mol. The van der Waals surface area contributed by atoms with Crippen LogP contribution in [0, 0.1) is 0 Å². The van der Waals surface area contributed by atoms with Crippen LogP contribution in [0.2, 0.25) is 0 Å². The summed E-state index contributed by atoms with van der Waals surface area (Å²) in [5, 5.41) is 3.06. The summed E-state index contributed by atoms with van der Waals surface area (Å²) in [6.45, 7) is 0.271. The van der Waals surface area contributed by atoms with E-state index >= 15 is 0 Å². The second-order valence-corrected chi connectivity index (χ2v) is 5.99. The molecule has 0 spiro atoms. The van der Waals surface area contributed by atoms with Crippen molar-refractivity contribution >= 4 is 23.4 Å². The number of hydrogen-bond donors (Lipinski definition) is 3. The molecule has 1 aliphatic rings. The molecule has 0 aliphatic carbocycles. The van der Waals surface area contributed by atoms with Gasteiger partial charge in [-0.25, -0.2) is 0 Å². The predicted octanol–water partition coefficient (Wildman–Crippen LogP) is 0.910. The van der Waals surface area contributed by atoms with Crippen molar-refractivity contribution in [3.8, 4) is 5.75 Å². The van der Waals surface area contributed by atoms with E-state index in [1.807, 2.05) is 24.3 Å². The first kappa shape index (κ1) is 18.2. The maximum Gasteiger partial charge on any atom is 0.269 e. The molecule has 3 rings (SSSR count). The number of nitrogens with one attached hydrogen (secondary N) is 3. The van der Waals surface area contributed by atoms with E-state index in [-0.39, 0.29) is 19.0 Å². The highest BCUT2D eigenvalue weighted by molar-refractivity contribution is 5.96. The van der Waals surface area contributed by atoms with Crippen molar-refractivity contribution in [1.29, 1.82) is 0 Å². The van der Waals surface area contributed by atoms with E-state index < -0.39 is 11.8 Å². The van der Waals surface area contributed by atoms with Crippen molar-refractivity contribution < 1.29 is 19.1 Å². The Morgan fingerprint density at radius 2 is 1.96 bits per heavy atom. The summed E-state index contributed by atoms with van der Waals surface area (Å²) in [5.41, 5.74) is 6.83. The van der Waals surface area contributed by atoms with Gasteiger partial charge in [0.1, 0.15) is 12.3 Å². The van der Waals surface area contributed by atoms with Crippen LogP contribution in [0.25, 0.3) is 0 Å². The Morgan fingerprint density at radius 3 is 2.78 bits per heavy atom. The van der Waals surface area contributed by atoms with Gasteiger partial charge in [-0.2, -0.15) is 0 Å². The third-order valence-electron chi connectivity index (χ3n) is 4.14. The smallest absolute Gasteiger partial charge is 0.269 e. The van der Waals surface area contributed by atoms with Crippen molar-refractivity contribution in [1.82, 2.24) is 15.8 Å². The average molecular weight is 368 g/mol. The molecular formula is C19H20N4O4. The van der Waals surface area contributed by atoms with E-state index in [0.717, 1.165) is 11.3 Å². The van der Waals surface area contributed by atoms with Gasteiger partial charge in [-0.1, -0.05) is 24.3 Å². The number of carbonyl (C=O) groups is 3. The van der Waals surface area contributed by atoms with Gasteiger partial charge in [0.15, 0.2) is 0 Å². The average Bonchev–Trinajstić information content (AvgIpc) is 2.85. The van der Waals surface area contributed by atoms with Crippen molar-refractivity contribution in [2.45, 2.75) is 6.54 Å². The Bertz CT molecular complexity index is 868. The molecule has 8 heteroatoms. The number of nitrogens with zero attached hydrogens (tertiary/aromatic N) is 1. The Kier molecular flexibility index (Phi) is 5.55. The summed E-state index contributed by atoms with van der Waals surface area (Å²) >= 11 is 0. The SMILES string of the molecule is COc1cccc(C(=O)NNC(=O)CN2Cc3ccccc3NCC2=O)c1. The summed E-state index contributed by atoms with van der Waals surface area (Å²) < 4.78 is 5.07. The van der Waals surface area contributed by atoms with E-state index in [9.17, 15) is 14.4 Å². The van der Waals surface area contributed by atoms with E-state index in [1.54, 1.807) is 24.3 Å². The number of methoxy groups -OCH3 is 1. The molecule has 3 amide bonds. The summed E-state index contributed by atoms with van der Waals surface area (Å²) in [6, 6.07) is 14.1. The molecule has 2 aromatic carbocycles. The van der Waals surface area contributed by atoms with Crippen molar-refractivity contribution in [2.24, 2.45) is 0 Å². The van der Waals surface area contributed by atoms with Gasteiger partial charge in [-0.3, -0.25) is 25.2 Å². The first-order chi connectivity index (χ1) is 13.1. The van der Waals surface area contributed by atoms with Crippen LogP contribution < -0.4 is 20.9 Å². The molecule has 140 valence electrons. The van der Waals surface area contributed by atoms with Crippen LogP contribution in [0.1, 0.15) is 15.9 Å². The minimum Gasteiger partial charge on any atom is -0.497 e. The second-order valence-electron chi connectivity index (χ2n) is 5.99. The van der Waals surface area contributed by atoms with Gasteiger partial charge in [0, 0.05) is 17.8 Å². The van der Waals surface area contributed by atoms with E-state index in [1.165, 1.54) is 12.0 Å². The van der Waals surface area contributed by atoms with Gasteiger partial charge in [0.25, 0.3) is 11.8 Å². The molecule has 1 heterocycles. The minimum absolute atomic E-state index is 0.112. The third kappa shape index (κ3) is 4.55. The summed E-state index contributed by atoms with van der Waals surface area (Å²) in [7, 11) is 1.50. The third-order valence-corrected chi connectivity index (χ3v) is 4.14. The molecule has 0 fully saturated rings. The quantitative estimate of drug-likeness (QED) is 0.697. The van der Waals surface area contributed by atoms with Crippen LogP contribution in [0.15, 0.2) is 48.5 Å². The molecule has 0 saturated carbocycles. The van der Waals surface area contributed by atoms with Crippen LogP contribution in [0.3, 0.4) is 0 Å². The zero-order valence-electron chi connectivity index (χ0n) is 14.8. The molecule has 0 saturated heterocycles. The molecule has 3 N–H and O–H groups in total. The Balaban J connectivity index is 1.57. The van der Waals surface area contributed by atoms with Crippen molar-refractivity contribution in [2.75, 3.05) is 25.5 Å². The van der Waals surface area contributed by atoms with Gasteiger partial charge in [-0.05, 0) is 29.8 Å². The van der Waals surface area contributed by atoms with E-state index in [0.29, 0.717) is 17.9 Å². The van der Waals surface area contributed by atoms with E-state index in [2.05, 4.69) is 16.2 Å². The Labute approximate surface area is 156 Å². The van der Waals surface area contributed by atoms with Gasteiger partial charge in [0.05, 0.1) is 13.7 Å². The number of rotatable bonds is 4. The normalized spacial score (nSPS) is 13.1. The number of fused-ring (bicyclic) bond motifs is 1. The first-order valence-corrected chi connectivity index (χ1v) is 8.39. The molecular weight excluding hydrogens is 348 g/mol. The lowest BCUT2D eigenvalue weighted by Gasteiger charge is -2.20. The Morgan fingerprint density at radius 1 is 1.15 bits per heavy atom. The standard InChI is InChI=1S/C19H20N4O4/c1-27-15-7-4-6-13(9-15)19(26)22-21-17(24)12-23-11-14-5-2-3-8-16(14)20-10-18(23)25/h2-9,20H,10-12H2,1H3,(H,21,24)(H,22,26). The molecule has 0 bridgehead atoms. The van der Waals surface area contributed by atoms with Crippen molar-refractivity contribution in [3.63, 3.8) is 0 Å². The lowest BCUT2D eigenvalue weighted by atomic mass is 10.2. The van der Waals surface area contributed by atoms with Gasteiger partial charge in [-0.15, -0.1) is 0 Å². The van der Waals surface area contributed by atoms with Crippen LogP contribution in [-0.2, 0) is 16.1 Å². The van der Waals surface area contributed by atoms with Gasteiger partial charge >= 0.3 is 0 Å². The molecule has 0 aromatic heterocycles. The molecule has 0 unspecified atom stereocenters. The number of para-hydroxylation sites is 1. The molecule has 2 aromatic rings. The second kappa shape index (κ2) is 8.22. The van der Waals surface area contributed by atoms with Gasteiger partial charge in [0.2, 0.25) is 5.91 Å². The van der Waals surface area contributed by atoms with Crippen LogP contribution in [0.5, 0.6) is 5.75 Å². The lowest BCUT2D eigenvalue weighted by Crippen LogP contribution is -2.47. The lowest BCUT2D eigenvalue weighted by molar-refractivity contribution is -0.135. The fourth-order valence-electron chi connectivity index (χ4n) is 2.73. The first-order valence-electron chi connectivity index (χ1n) is 8.39. The van der Waals surface area contributed by atoms with Crippen molar-refractivity contribution in [3.05, 3.63) is 59.7 Å². The topological polar surface area (TPSA) is 99.8 Å². The van der Waals surface area contributed by atoms with E-state index in [4.69, 9.17) is 4.74 Å². The molecule has 27 heavy (non-hydrogen) atoms. The van der Waals surface area contributed by atoms with Crippen LogP contribution in [-0.4, -0.2) is 42.8 Å². The number of hydrogen-bond acceptors (Lipinski definition) is 5. The molecule has 1 aliphatic heterocycles. The summed E-state index contributed by atoms with van der Waals surface area (Å²) in [5.74, 6) is -0.619. The predicted molar refractivity (Wildman–Crippen MR) is 99.0 cm³/mol. The fraction of sp³-hybridized carbons (Fsp3) is 0.211.